The van der Waals surface area contributed by atoms with Gasteiger partial charge in [-0.15, -0.1) is 0 Å². The van der Waals surface area contributed by atoms with Crippen LogP contribution in [-0.2, 0) is 11.3 Å². The molecule has 0 radical (unpaired) electrons. The molecule has 2 aromatic heterocycles. The minimum absolute atomic E-state index is 0.119. The zero-order chi connectivity index (χ0) is 20.3. The van der Waals surface area contributed by atoms with E-state index < -0.39 is 0 Å². The Balaban J connectivity index is 2.17. The number of hydrogen-bond donors (Lipinski definition) is 0. The molecule has 0 unspecified atom stereocenters. The van der Waals surface area contributed by atoms with Crippen LogP contribution in [0.3, 0.4) is 0 Å². The van der Waals surface area contributed by atoms with E-state index >= 15 is 0 Å². The predicted molar refractivity (Wildman–Crippen MR) is 111 cm³/mol. The zero-order valence-electron chi connectivity index (χ0n) is 16.6. The first-order valence-electron chi connectivity index (χ1n) is 9.17. The molecule has 28 heavy (non-hydrogen) atoms. The number of halogens is 1. The average Bonchev–Trinajstić information content (AvgIpc) is 2.69. The molecule has 1 aromatic carbocycles. The van der Waals surface area contributed by atoms with Crippen molar-refractivity contribution in [1.29, 1.82) is 0 Å². The van der Waals surface area contributed by atoms with Crippen LogP contribution < -0.4 is 10.3 Å². The molecule has 0 saturated carbocycles. The van der Waals surface area contributed by atoms with Gasteiger partial charge in [-0.05, 0) is 50.5 Å². The molecular formula is C21H24ClN3O3. The number of fused-ring (bicyclic) bond motifs is 1. The molecule has 148 valence electrons. The molecule has 3 aromatic rings. The van der Waals surface area contributed by atoms with Gasteiger partial charge in [-0.1, -0.05) is 11.6 Å². The summed E-state index contributed by atoms with van der Waals surface area (Å²) < 4.78 is 12.2. The molecule has 0 atom stereocenters. The van der Waals surface area contributed by atoms with E-state index in [2.05, 4.69) is 9.97 Å². The highest BCUT2D eigenvalue weighted by Crippen LogP contribution is 2.36. The van der Waals surface area contributed by atoms with Crippen molar-refractivity contribution in [2.75, 3.05) is 20.8 Å². The Hall–Kier alpha value is -2.44. The van der Waals surface area contributed by atoms with Crippen molar-refractivity contribution in [3.63, 3.8) is 0 Å². The van der Waals surface area contributed by atoms with Crippen LogP contribution in [0.5, 0.6) is 5.75 Å². The van der Waals surface area contributed by atoms with Crippen molar-refractivity contribution in [2.45, 2.75) is 33.2 Å². The minimum atomic E-state index is -0.119. The Morgan fingerprint density at radius 2 is 1.93 bits per heavy atom. The van der Waals surface area contributed by atoms with Crippen molar-refractivity contribution < 1.29 is 9.47 Å². The second kappa shape index (κ2) is 8.71. The molecule has 0 amide bonds. The van der Waals surface area contributed by atoms with Gasteiger partial charge in [0.1, 0.15) is 17.0 Å². The van der Waals surface area contributed by atoms with Gasteiger partial charge in [0.15, 0.2) is 5.65 Å². The van der Waals surface area contributed by atoms with Crippen LogP contribution >= 0.6 is 11.6 Å². The number of benzene rings is 1. The van der Waals surface area contributed by atoms with Crippen molar-refractivity contribution in [2.24, 2.45) is 0 Å². The number of pyridine rings is 1. The maximum atomic E-state index is 12.7. The van der Waals surface area contributed by atoms with Crippen LogP contribution in [0, 0.1) is 13.8 Å². The first kappa shape index (κ1) is 20.3. The Labute approximate surface area is 169 Å². The zero-order valence-corrected chi connectivity index (χ0v) is 17.3. The molecule has 0 aliphatic carbocycles. The average molecular weight is 402 g/mol. The quantitative estimate of drug-likeness (QED) is 0.556. The first-order valence-corrected chi connectivity index (χ1v) is 9.55. The highest BCUT2D eigenvalue weighted by atomic mass is 35.5. The molecule has 0 bridgehead atoms. The van der Waals surface area contributed by atoms with E-state index in [4.69, 9.17) is 21.1 Å². The third-order valence-corrected chi connectivity index (χ3v) is 5.06. The number of aromatic nitrogens is 3. The molecule has 6 nitrogen and oxygen atoms in total. The lowest BCUT2D eigenvalue weighted by atomic mass is 10.0. The molecule has 0 fully saturated rings. The highest BCUT2D eigenvalue weighted by Gasteiger charge is 2.16. The predicted octanol–water partition coefficient (Wildman–Crippen LogP) is 4.16. The summed E-state index contributed by atoms with van der Waals surface area (Å²) >= 11 is 6.53. The third-order valence-electron chi connectivity index (χ3n) is 4.75. The maximum absolute atomic E-state index is 12.7. The minimum Gasteiger partial charge on any atom is -0.496 e. The van der Waals surface area contributed by atoms with E-state index in [0.717, 1.165) is 35.3 Å². The summed E-state index contributed by atoms with van der Waals surface area (Å²) in [5.74, 6) is 0.728. The standard InChI is InChI=1S/C21H24ClN3O3/c1-13-11-16(17(22)12-18(13)28-4)15-7-8-23-20-19(15)24-14(2)21(26)25(20)9-5-6-10-27-3/h7-8,11-12H,5-6,9-10H2,1-4H3. The van der Waals surface area contributed by atoms with Crippen molar-refractivity contribution in [3.05, 3.63) is 51.0 Å². The van der Waals surface area contributed by atoms with Gasteiger partial charge in [-0.25, -0.2) is 9.97 Å². The fourth-order valence-corrected chi connectivity index (χ4v) is 3.54. The van der Waals surface area contributed by atoms with Crippen LogP contribution in [0.25, 0.3) is 22.3 Å². The van der Waals surface area contributed by atoms with Crippen LogP contribution in [-0.4, -0.2) is 35.4 Å². The summed E-state index contributed by atoms with van der Waals surface area (Å²) in [7, 11) is 3.29. The molecule has 3 rings (SSSR count). The van der Waals surface area contributed by atoms with Crippen molar-refractivity contribution >= 4 is 22.8 Å². The van der Waals surface area contributed by atoms with E-state index in [1.54, 1.807) is 38.0 Å². The van der Waals surface area contributed by atoms with Gasteiger partial charge in [0.2, 0.25) is 0 Å². The number of unbranched alkanes of at least 4 members (excludes halogenated alkanes) is 1. The summed E-state index contributed by atoms with van der Waals surface area (Å²) in [5, 5.41) is 0.562. The van der Waals surface area contributed by atoms with Crippen molar-refractivity contribution in [1.82, 2.24) is 14.5 Å². The monoisotopic (exact) mass is 401 g/mol. The Bertz CT molecular complexity index is 1060. The van der Waals surface area contributed by atoms with E-state index in [1.165, 1.54) is 0 Å². The molecule has 0 aliphatic heterocycles. The van der Waals surface area contributed by atoms with Gasteiger partial charge in [0.05, 0.1) is 12.1 Å². The number of ether oxygens (including phenoxy) is 2. The largest absolute Gasteiger partial charge is 0.496 e. The second-order valence-corrected chi connectivity index (χ2v) is 7.09. The molecule has 0 spiro atoms. The lowest BCUT2D eigenvalue weighted by molar-refractivity contribution is 0.191. The van der Waals surface area contributed by atoms with Gasteiger partial charge >= 0.3 is 0 Å². The molecule has 0 aliphatic rings. The molecule has 0 saturated heterocycles. The van der Waals surface area contributed by atoms with Gasteiger partial charge in [0.25, 0.3) is 5.56 Å². The van der Waals surface area contributed by atoms with Gasteiger partial charge in [-0.3, -0.25) is 9.36 Å². The van der Waals surface area contributed by atoms with Crippen molar-refractivity contribution in [3.8, 4) is 16.9 Å². The number of rotatable bonds is 7. The smallest absolute Gasteiger partial charge is 0.273 e. The first-order chi connectivity index (χ1) is 13.5. The second-order valence-electron chi connectivity index (χ2n) is 6.69. The maximum Gasteiger partial charge on any atom is 0.273 e. The topological polar surface area (TPSA) is 66.2 Å². The fraction of sp³-hybridized carbons (Fsp3) is 0.381. The molecule has 0 N–H and O–H groups in total. The van der Waals surface area contributed by atoms with Crippen LogP contribution in [0.1, 0.15) is 24.1 Å². The van der Waals surface area contributed by atoms with Crippen LogP contribution in [0.4, 0.5) is 0 Å². The van der Waals surface area contributed by atoms with E-state index in [-0.39, 0.29) is 5.56 Å². The Morgan fingerprint density at radius 1 is 1.14 bits per heavy atom. The number of aryl methyl sites for hydroxylation is 3. The normalized spacial score (nSPS) is 11.2. The molecule has 2 heterocycles. The van der Waals surface area contributed by atoms with E-state index in [9.17, 15) is 4.79 Å². The number of hydrogen-bond acceptors (Lipinski definition) is 5. The lowest BCUT2D eigenvalue weighted by Gasteiger charge is -2.14. The van der Waals surface area contributed by atoms with E-state index in [0.29, 0.717) is 35.0 Å². The third kappa shape index (κ3) is 3.88. The summed E-state index contributed by atoms with van der Waals surface area (Å²) in [6.07, 6.45) is 3.38. The summed E-state index contributed by atoms with van der Waals surface area (Å²) in [5.41, 5.74) is 4.20. The summed E-state index contributed by atoms with van der Waals surface area (Å²) in [4.78, 5) is 21.7. The summed E-state index contributed by atoms with van der Waals surface area (Å²) in [6, 6.07) is 5.65. The van der Waals surface area contributed by atoms with E-state index in [1.807, 2.05) is 19.1 Å². The highest BCUT2D eigenvalue weighted by molar-refractivity contribution is 6.33. The van der Waals surface area contributed by atoms with Crippen LogP contribution in [0.2, 0.25) is 5.02 Å². The lowest BCUT2D eigenvalue weighted by Crippen LogP contribution is -2.25. The van der Waals surface area contributed by atoms with Crippen LogP contribution in [0.15, 0.2) is 29.2 Å². The number of methoxy groups -OCH3 is 2. The van der Waals surface area contributed by atoms with Gasteiger partial charge in [-0.2, -0.15) is 0 Å². The Morgan fingerprint density at radius 3 is 2.64 bits per heavy atom. The summed E-state index contributed by atoms with van der Waals surface area (Å²) in [6.45, 7) is 4.92. The SMILES string of the molecule is COCCCCn1c(=O)c(C)nc2c(-c3cc(C)c(OC)cc3Cl)ccnc21. The molecule has 7 heteroatoms. The fourth-order valence-electron chi connectivity index (χ4n) is 3.29. The molecular weight excluding hydrogens is 378 g/mol. The van der Waals surface area contributed by atoms with Gasteiger partial charge in [0, 0.05) is 37.6 Å². The Kier molecular flexibility index (Phi) is 6.31. The number of nitrogens with zero attached hydrogens (tertiary/aromatic N) is 3. The van der Waals surface area contributed by atoms with Gasteiger partial charge < -0.3 is 9.47 Å².